The highest BCUT2D eigenvalue weighted by Crippen LogP contribution is 2.22. The molecule has 1 fully saturated rings. The summed E-state index contributed by atoms with van der Waals surface area (Å²) in [5.41, 5.74) is 2.60. The van der Waals surface area contributed by atoms with Crippen molar-refractivity contribution in [2.24, 2.45) is 0 Å². The first kappa shape index (κ1) is 17.9. The lowest BCUT2D eigenvalue weighted by atomic mass is 10.1. The molecule has 4 nitrogen and oxygen atoms in total. The first-order valence-electron chi connectivity index (χ1n) is 8.60. The van der Waals surface area contributed by atoms with Crippen molar-refractivity contribution in [3.63, 3.8) is 0 Å². The van der Waals surface area contributed by atoms with Gasteiger partial charge in [0.05, 0.1) is 6.10 Å². The summed E-state index contributed by atoms with van der Waals surface area (Å²) in [4.78, 5) is 12.9. The average molecular weight is 359 g/mol. The van der Waals surface area contributed by atoms with Crippen molar-refractivity contribution in [1.29, 1.82) is 0 Å². The van der Waals surface area contributed by atoms with E-state index in [-0.39, 0.29) is 12.0 Å². The molecule has 2 aromatic rings. The van der Waals surface area contributed by atoms with E-state index in [0.717, 1.165) is 30.6 Å². The van der Waals surface area contributed by atoms with E-state index in [0.29, 0.717) is 17.3 Å². The molecular weight excluding hydrogens is 336 g/mol. The van der Waals surface area contributed by atoms with E-state index in [9.17, 15) is 4.79 Å². The summed E-state index contributed by atoms with van der Waals surface area (Å²) in [5, 5.41) is 6.95. The third kappa shape index (κ3) is 4.82. The van der Waals surface area contributed by atoms with Crippen LogP contribution in [0.5, 0.6) is 0 Å². The lowest BCUT2D eigenvalue weighted by Crippen LogP contribution is -2.37. The quantitative estimate of drug-likeness (QED) is 0.817. The van der Waals surface area contributed by atoms with Crippen molar-refractivity contribution in [1.82, 2.24) is 5.32 Å². The lowest BCUT2D eigenvalue weighted by Gasteiger charge is -2.21. The minimum absolute atomic E-state index is 0.107. The number of rotatable bonds is 6. The highest BCUT2D eigenvalue weighted by molar-refractivity contribution is 6.31. The van der Waals surface area contributed by atoms with Crippen molar-refractivity contribution in [3.05, 3.63) is 64.7 Å². The van der Waals surface area contributed by atoms with E-state index in [4.69, 9.17) is 16.3 Å². The molecular formula is C20H23ClN2O2. The number of carbonyl (C=O) groups excluding carboxylic acids is 1. The smallest absolute Gasteiger partial charge is 0.246 e. The molecule has 2 aromatic carbocycles. The number of aryl methyl sites for hydroxylation is 1. The monoisotopic (exact) mass is 358 g/mol. The van der Waals surface area contributed by atoms with Gasteiger partial charge in [0.1, 0.15) is 6.04 Å². The molecule has 1 heterocycles. The maximum Gasteiger partial charge on any atom is 0.246 e. The molecule has 5 heteroatoms. The fourth-order valence-corrected chi connectivity index (χ4v) is 3.13. The Hall–Kier alpha value is -1.88. The molecule has 0 aliphatic carbocycles. The Labute approximate surface area is 153 Å². The van der Waals surface area contributed by atoms with Crippen molar-refractivity contribution in [3.8, 4) is 0 Å². The SMILES string of the molecule is Cc1ccc(NC(=O)[C@H](NC[C@@H]2CCCO2)c2ccccc2)cc1Cl. The molecule has 0 spiro atoms. The Morgan fingerprint density at radius 2 is 2.08 bits per heavy atom. The lowest BCUT2D eigenvalue weighted by molar-refractivity contribution is -0.118. The van der Waals surface area contributed by atoms with Crippen LogP contribution in [0.2, 0.25) is 5.02 Å². The van der Waals surface area contributed by atoms with Gasteiger partial charge in [-0.1, -0.05) is 48.0 Å². The van der Waals surface area contributed by atoms with E-state index < -0.39 is 6.04 Å². The van der Waals surface area contributed by atoms with Gasteiger partial charge in [-0.15, -0.1) is 0 Å². The Balaban J connectivity index is 1.72. The van der Waals surface area contributed by atoms with E-state index in [1.54, 1.807) is 6.07 Å². The third-order valence-electron chi connectivity index (χ3n) is 4.41. The maximum absolute atomic E-state index is 12.9. The summed E-state index contributed by atoms with van der Waals surface area (Å²) in [7, 11) is 0. The van der Waals surface area contributed by atoms with Gasteiger partial charge in [0.25, 0.3) is 0 Å². The number of hydrogen-bond donors (Lipinski definition) is 2. The zero-order valence-electron chi connectivity index (χ0n) is 14.3. The van der Waals surface area contributed by atoms with Gasteiger partial charge in [0, 0.05) is 23.9 Å². The molecule has 1 aliphatic heterocycles. The van der Waals surface area contributed by atoms with Gasteiger partial charge in [-0.2, -0.15) is 0 Å². The number of hydrogen-bond acceptors (Lipinski definition) is 3. The summed E-state index contributed by atoms with van der Waals surface area (Å²) >= 11 is 6.16. The number of halogens is 1. The predicted octanol–water partition coefficient (Wildman–Crippen LogP) is 4.10. The van der Waals surface area contributed by atoms with Crippen molar-refractivity contribution in [2.75, 3.05) is 18.5 Å². The molecule has 3 rings (SSSR count). The molecule has 2 N–H and O–H groups in total. The summed E-state index contributed by atoms with van der Waals surface area (Å²) < 4.78 is 5.65. The fourth-order valence-electron chi connectivity index (χ4n) is 2.95. The fraction of sp³-hybridized carbons (Fsp3) is 0.350. The summed E-state index contributed by atoms with van der Waals surface area (Å²) in [5.74, 6) is -0.107. The van der Waals surface area contributed by atoms with E-state index in [1.807, 2.05) is 49.4 Å². The van der Waals surface area contributed by atoms with Crippen LogP contribution in [0.4, 0.5) is 5.69 Å². The first-order valence-corrected chi connectivity index (χ1v) is 8.98. The van der Waals surface area contributed by atoms with Crippen LogP contribution in [-0.2, 0) is 9.53 Å². The Bertz CT molecular complexity index is 715. The molecule has 2 atom stereocenters. The van der Waals surface area contributed by atoms with E-state index >= 15 is 0 Å². The molecule has 0 bridgehead atoms. The summed E-state index contributed by atoms with van der Waals surface area (Å²) in [6.07, 6.45) is 2.29. The van der Waals surface area contributed by atoms with Crippen LogP contribution < -0.4 is 10.6 Å². The number of carbonyl (C=O) groups is 1. The van der Waals surface area contributed by atoms with Crippen LogP contribution in [0.3, 0.4) is 0 Å². The van der Waals surface area contributed by atoms with Crippen LogP contribution in [0, 0.1) is 6.92 Å². The number of anilines is 1. The zero-order chi connectivity index (χ0) is 17.6. The topological polar surface area (TPSA) is 50.4 Å². The highest BCUT2D eigenvalue weighted by Gasteiger charge is 2.23. The molecule has 1 aliphatic rings. The van der Waals surface area contributed by atoms with Crippen molar-refractivity contribution >= 4 is 23.2 Å². The van der Waals surface area contributed by atoms with E-state index in [1.165, 1.54) is 0 Å². The Morgan fingerprint density at radius 1 is 1.28 bits per heavy atom. The number of amides is 1. The number of nitrogens with one attached hydrogen (secondary N) is 2. The normalized spacial score (nSPS) is 18.1. The van der Waals surface area contributed by atoms with Crippen LogP contribution in [-0.4, -0.2) is 25.2 Å². The predicted molar refractivity (Wildman–Crippen MR) is 101 cm³/mol. The molecule has 0 unspecified atom stereocenters. The van der Waals surface area contributed by atoms with Crippen LogP contribution >= 0.6 is 11.6 Å². The Kier molecular flexibility index (Phi) is 6.08. The van der Waals surface area contributed by atoms with Crippen LogP contribution in [0.15, 0.2) is 48.5 Å². The Morgan fingerprint density at radius 3 is 2.76 bits per heavy atom. The summed E-state index contributed by atoms with van der Waals surface area (Å²) in [6, 6.07) is 14.8. The van der Waals surface area contributed by atoms with Gasteiger partial charge in [-0.25, -0.2) is 0 Å². The minimum atomic E-state index is -0.439. The number of benzene rings is 2. The van der Waals surface area contributed by atoms with Gasteiger partial charge in [-0.05, 0) is 43.0 Å². The largest absolute Gasteiger partial charge is 0.377 e. The average Bonchev–Trinajstić information content (AvgIpc) is 3.13. The van der Waals surface area contributed by atoms with Crippen LogP contribution in [0.1, 0.15) is 30.0 Å². The molecule has 1 amide bonds. The van der Waals surface area contributed by atoms with Gasteiger partial charge >= 0.3 is 0 Å². The van der Waals surface area contributed by atoms with Gasteiger partial charge in [0.15, 0.2) is 0 Å². The molecule has 0 saturated carbocycles. The molecule has 0 radical (unpaired) electrons. The zero-order valence-corrected chi connectivity index (χ0v) is 15.1. The second kappa shape index (κ2) is 8.48. The van der Waals surface area contributed by atoms with Gasteiger partial charge < -0.3 is 10.1 Å². The third-order valence-corrected chi connectivity index (χ3v) is 4.82. The maximum atomic E-state index is 12.9. The molecule has 25 heavy (non-hydrogen) atoms. The van der Waals surface area contributed by atoms with E-state index in [2.05, 4.69) is 10.6 Å². The molecule has 132 valence electrons. The van der Waals surface area contributed by atoms with Gasteiger partial charge in [0.2, 0.25) is 5.91 Å². The summed E-state index contributed by atoms with van der Waals surface area (Å²) in [6.45, 7) is 3.39. The first-order chi connectivity index (χ1) is 12.1. The van der Waals surface area contributed by atoms with Gasteiger partial charge in [-0.3, -0.25) is 10.1 Å². The van der Waals surface area contributed by atoms with Crippen molar-refractivity contribution < 1.29 is 9.53 Å². The highest BCUT2D eigenvalue weighted by atomic mass is 35.5. The second-order valence-electron chi connectivity index (χ2n) is 6.34. The minimum Gasteiger partial charge on any atom is -0.377 e. The molecule has 0 aromatic heterocycles. The molecule has 1 saturated heterocycles. The number of ether oxygens (including phenoxy) is 1. The van der Waals surface area contributed by atoms with Crippen LogP contribution in [0.25, 0.3) is 0 Å². The second-order valence-corrected chi connectivity index (χ2v) is 6.75. The van der Waals surface area contributed by atoms with Crippen molar-refractivity contribution in [2.45, 2.75) is 31.9 Å². The standard InChI is InChI=1S/C20H23ClN2O2/c1-14-9-10-16(12-18(14)21)23-20(24)19(15-6-3-2-4-7-15)22-13-17-8-5-11-25-17/h2-4,6-7,9-10,12,17,19,22H,5,8,11,13H2,1H3,(H,23,24)/t17-,19+/m0/s1.